The number of hydrogen-bond acceptors (Lipinski definition) is 13. The minimum Gasteiger partial charge on any atom is -0.478 e. The predicted molar refractivity (Wildman–Crippen MR) is 204 cm³/mol. The molecule has 1 amide bonds. The van der Waals surface area contributed by atoms with Gasteiger partial charge in [0.15, 0.2) is 0 Å². The summed E-state index contributed by atoms with van der Waals surface area (Å²) in [6.45, 7) is 3.40. The maximum atomic E-state index is 12.4. The van der Waals surface area contributed by atoms with E-state index in [4.69, 9.17) is 45.5 Å². The highest BCUT2D eigenvalue weighted by molar-refractivity contribution is 6.36. The number of carboxylic acid groups (broad SMARTS) is 1. The van der Waals surface area contributed by atoms with Crippen molar-refractivity contribution in [2.75, 3.05) is 47.4 Å². The van der Waals surface area contributed by atoms with Gasteiger partial charge in [-0.15, -0.1) is 0 Å². The Kier molecular flexibility index (Phi) is 11.7. The van der Waals surface area contributed by atoms with Gasteiger partial charge in [0.1, 0.15) is 47.2 Å². The number of amides is 1. The van der Waals surface area contributed by atoms with E-state index < -0.39 is 5.97 Å². The van der Waals surface area contributed by atoms with E-state index in [0.717, 1.165) is 85.6 Å². The van der Waals surface area contributed by atoms with E-state index in [9.17, 15) is 9.59 Å². The van der Waals surface area contributed by atoms with Gasteiger partial charge in [0.05, 0.1) is 26.4 Å². The molecule has 0 radical (unpaired) electrons. The lowest BCUT2D eigenvalue weighted by Gasteiger charge is -2.33. The summed E-state index contributed by atoms with van der Waals surface area (Å²) in [6, 6.07) is 6.35. The van der Waals surface area contributed by atoms with Gasteiger partial charge in [-0.3, -0.25) is 4.79 Å². The number of pyridine rings is 2. The number of anilines is 4. The van der Waals surface area contributed by atoms with Gasteiger partial charge < -0.3 is 47.4 Å². The molecule has 6 aromatic heterocycles. The van der Waals surface area contributed by atoms with Crippen molar-refractivity contribution in [3.05, 3.63) is 82.9 Å². The second-order valence-corrected chi connectivity index (χ2v) is 13.2. The summed E-state index contributed by atoms with van der Waals surface area (Å²) in [4.78, 5) is 57.8. The van der Waals surface area contributed by atoms with E-state index in [1.807, 2.05) is 0 Å². The van der Waals surface area contributed by atoms with Crippen molar-refractivity contribution in [3.8, 4) is 0 Å². The Bertz CT molecular complexity index is 2200. The molecule has 19 heteroatoms. The molecule has 6 aromatic rings. The molecule has 0 spiro atoms. The number of nitrogen functional groups attached to an aromatic ring is 2. The molecule has 2 fully saturated rings. The Morgan fingerprint density at radius 2 is 1.21 bits per heavy atom. The first-order valence-electron chi connectivity index (χ1n) is 16.7. The Hall–Kier alpha value is -5.78. The number of hydrogen-bond donors (Lipinski definition) is 7. The van der Waals surface area contributed by atoms with Crippen LogP contribution in [0, 0.1) is 0 Å². The molecule has 2 saturated heterocycles. The van der Waals surface area contributed by atoms with Gasteiger partial charge in [-0.25, -0.2) is 34.7 Å². The third-order valence-corrected chi connectivity index (χ3v) is 9.44. The molecule has 0 saturated carbocycles. The van der Waals surface area contributed by atoms with Crippen LogP contribution in [-0.2, 0) is 0 Å². The van der Waals surface area contributed by atoms with Crippen molar-refractivity contribution in [2.45, 2.75) is 37.8 Å². The molecule has 0 unspecified atom stereocenters. The van der Waals surface area contributed by atoms with Crippen LogP contribution in [0.2, 0.25) is 10.0 Å². The lowest BCUT2D eigenvalue weighted by Crippen LogP contribution is -2.45. The maximum absolute atomic E-state index is 12.4. The Morgan fingerprint density at radius 1 is 0.736 bits per heavy atom. The van der Waals surface area contributed by atoms with E-state index in [1.54, 1.807) is 30.9 Å². The molecule has 8 heterocycles. The second-order valence-electron chi connectivity index (χ2n) is 12.4. The highest BCUT2D eigenvalue weighted by Gasteiger charge is 2.25. The fourth-order valence-electron chi connectivity index (χ4n) is 6.09. The number of aromatic nitrogens is 8. The van der Waals surface area contributed by atoms with E-state index >= 15 is 0 Å². The number of nitrogens with zero attached hydrogens (tertiary/aromatic N) is 8. The number of piperidine rings is 2. The van der Waals surface area contributed by atoms with Gasteiger partial charge in [-0.2, -0.15) is 0 Å². The summed E-state index contributed by atoms with van der Waals surface area (Å²) in [5.41, 5.74) is 19.0. The number of nitrogens with two attached hydrogens (primary N) is 3. The van der Waals surface area contributed by atoms with Crippen LogP contribution < -0.4 is 32.3 Å². The smallest absolute Gasteiger partial charge is 0.335 e. The first kappa shape index (κ1) is 37.0. The standard InChI is InChI=1S/C17H18ClN7O.C11H14ClN5.C6H6N2O2/c18-12-8-21-15-14(12)16(23-9-22-15)25-5-2-11(3-6-25)24-17(26)10-1-4-20-13(19)7-10;12-8-5-14-10-9(8)11(16-6-15-10)17-3-1-7(13)2-4-17;7-5-3-4(6(9)10)1-2-8-5/h1,4,7-9,11H,2-3,5-6H2,(H2,19,20)(H,24,26)(H,21,22,23);5-7H,1-4,13H2,(H,14,15,16);1-3H,(H2,7,8)(H,9,10). The summed E-state index contributed by atoms with van der Waals surface area (Å²) < 4.78 is 0. The van der Waals surface area contributed by atoms with Crippen molar-refractivity contribution < 1.29 is 14.7 Å². The van der Waals surface area contributed by atoms with Crippen molar-refractivity contribution >= 4 is 80.4 Å². The topological polar surface area (TPSA) is 260 Å². The molecule has 10 N–H and O–H groups in total. The lowest BCUT2D eigenvalue weighted by molar-refractivity contribution is 0.0696. The number of carboxylic acids is 1. The number of halogens is 2. The maximum Gasteiger partial charge on any atom is 0.335 e. The molecule has 8 rings (SSSR count). The van der Waals surface area contributed by atoms with Crippen LogP contribution in [0.1, 0.15) is 46.4 Å². The number of aromatic carboxylic acids is 1. The summed E-state index contributed by atoms with van der Waals surface area (Å²) >= 11 is 12.4. The molecule has 0 bridgehead atoms. The fourth-order valence-corrected chi connectivity index (χ4v) is 6.54. The van der Waals surface area contributed by atoms with E-state index in [0.29, 0.717) is 27.5 Å². The predicted octanol–water partition coefficient (Wildman–Crippen LogP) is 3.89. The fraction of sp³-hybridized carbons (Fsp3) is 0.294. The molecule has 0 atom stereocenters. The Labute approximate surface area is 313 Å². The average Bonchev–Trinajstić information content (AvgIpc) is 3.74. The first-order chi connectivity index (χ1) is 25.6. The Morgan fingerprint density at radius 3 is 1.68 bits per heavy atom. The van der Waals surface area contributed by atoms with Gasteiger partial charge in [-0.1, -0.05) is 23.2 Å². The van der Waals surface area contributed by atoms with Crippen LogP contribution in [0.5, 0.6) is 0 Å². The van der Waals surface area contributed by atoms with Crippen molar-refractivity contribution in [3.63, 3.8) is 0 Å². The number of carbonyl (C=O) groups excluding carboxylic acids is 1. The summed E-state index contributed by atoms with van der Waals surface area (Å²) in [6.07, 6.45) is 13.1. The third-order valence-electron chi connectivity index (χ3n) is 8.84. The van der Waals surface area contributed by atoms with Gasteiger partial charge in [0, 0.05) is 68.6 Å². The monoisotopic (exact) mass is 760 g/mol. The van der Waals surface area contributed by atoms with Gasteiger partial charge in [0.25, 0.3) is 5.91 Å². The summed E-state index contributed by atoms with van der Waals surface area (Å²) in [5, 5.41) is 14.5. The van der Waals surface area contributed by atoms with Crippen LogP contribution in [0.3, 0.4) is 0 Å². The van der Waals surface area contributed by atoms with Gasteiger partial charge in [-0.05, 0) is 49.9 Å². The lowest BCUT2D eigenvalue weighted by atomic mass is 10.0. The van der Waals surface area contributed by atoms with Gasteiger partial charge in [0.2, 0.25) is 0 Å². The number of carbonyl (C=O) groups is 2. The molecule has 17 nitrogen and oxygen atoms in total. The number of nitrogens with one attached hydrogen (secondary N) is 3. The zero-order valence-corrected chi connectivity index (χ0v) is 29.9. The molecule has 0 aliphatic carbocycles. The average molecular weight is 762 g/mol. The zero-order chi connectivity index (χ0) is 37.5. The molecule has 2 aliphatic rings. The molecule has 0 aromatic carbocycles. The molecule has 2 aliphatic heterocycles. The van der Waals surface area contributed by atoms with Crippen molar-refractivity contribution in [1.29, 1.82) is 0 Å². The van der Waals surface area contributed by atoms with E-state index in [2.05, 4.69) is 55.0 Å². The minimum absolute atomic E-state index is 0.104. The number of H-pyrrole nitrogens is 2. The molecule has 276 valence electrons. The van der Waals surface area contributed by atoms with E-state index in [-0.39, 0.29) is 23.3 Å². The van der Waals surface area contributed by atoms with Crippen molar-refractivity contribution in [1.82, 2.24) is 45.2 Å². The third kappa shape index (κ3) is 9.00. The minimum atomic E-state index is -0.992. The zero-order valence-electron chi connectivity index (χ0n) is 28.4. The highest BCUT2D eigenvalue weighted by Crippen LogP contribution is 2.32. The van der Waals surface area contributed by atoms with Crippen LogP contribution in [-0.4, -0.2) is 95.1 Å². The summed E-state index contributed by atoms with van der Waals surface area (Å²) in [7, 11) is 0. The largest absolute Gasteiger partial charge is 0.478 e. The number of rotatable bonds is 5. The van der Waals surface area contributed by atoms with Crippen LogP contribution in [0.15, 0.2) is 61.7 Å². The Balaban J connectivity index is 0.000000152. The highest BCUT2D eigenvalue weighted by atomic mass is 35.5. The van der Waals surface area contributed by atoms with Crippen molar-refractivity contribution in [2.24, 2.45) is 5.73 Å². The second kappa shape index (κ2) is 16.7. The normalized spacial score (nSPS) is 15.0. The number of aromatic amines is 2. The van der Waals surface area contributed by atoms with Crippen LogP contribution >= 0.6 is 23.2 Å². The number of fused-ring (bicyclic) bond motifs is 2. The molecule has 53 heavy (non-hydrogen) atoms. The molecular formula is C34H38Cl2N14O3. The van der Waals surface area contributed by atoms with Gasteiger partial charge >= 0.3 is 5.97 Å². The SMILES string of the molecule is NC1CCN(c2ncnc3[nH]cc(Cl)c23)CC1.Nc1cc(C(=O)NC2CCN(c3ncnc4[nH]cc(Cl)c34)CC2)ccn1.Nc1cc(C(=O)O)ccn1. The molecular weight excluding hydrogens is 723 g/mol. The summed E-state index contributed by atoms with van der Waals surface area (Å²) in [5.74, 6) is 1.18. The van der Waals surface area contributed by atoms with Crippen LogP contribution in [0.25, 0.3) is 22.1 Å². The quantitative estimate of drug-likeness (QED) is 0.132. The van der Waals surface area contributed by atoms with E-state index in [1.165, 1.54) is 30.9 Å². The van der Waals surface area contributed by atoms with Crippen LogP contribution in [0.4, 0.5) is 23.3 Å². The first-order valence-corrected chi connectivity index (χ1v) is 17.5.